The van der Waals surface area contributed by atoms with E-state index in [4.69, 9.17) is 0 Å². The zero-order chi connectivity index (χ0) is 13.7. The molecule has 0 saturated heterocycles. The molecule has 0 fully saturated rings. The van der Waals surface area contributed by atoms with Gasteiger partial charge in [-0.05, 0) is 18.6 Å². The van der Waals surface area contributed by atoms with Crippen molar-refractivity contribution in [3.8, 4) is 0 Å². The average Bonchev–Trinajstić information content (AvgIpc) is 2.77. The molecule has 4 heteroatoms. The fraction of sp³-hybridized carbons (Fsp3) is 0.333. The summed E-state index contributed by atoms with van der Waals surface area (Å²) in [4.78, 5) is 11.9. The van der Waals surface area contributed by atoms with E-state index in [2.05, 4.69) is 18.8 Å². The Morgan fingerprint density at radius 1 is 1.47 bits per heavy atom. The number of fused-ring (bicyclic) bond motifs is 1. The second kappa shape index (κ2) is 6.18. The molecule has 0 spiro atoms. The van der Waals surface area contributed by atoms with Crippen LogP contribution in [-0.4, -0.2) is 17.0 Å². The monoisotopic (exact) mass is 258 g/mol. The van der Waals surface area contributed by atoms with Crippen molar-refractivity contribution >= 4 is 23.1 Å². The third-order valence-electron chi connectivity index (χ3n) is 3.10. The highest BCUT2D eigenvalue weighted by molar-refractivity contribution is 5.77. The van der Waals surface area contributed by atoms with E-state index in [1.165, 1.54) is 0 Å². The molecule has 0 aliphatic rings. The van der Waals surface area contributed by atoms with E-state index in [1.807, 2.05) is 39.7 Å². The first-order valence-electron chi connectivity index (χ1n) is 6.64. The van der Waals surface area contributed by atoms with E-state index >= 15 is 0 Å². The first kappa shape index (κ1) is 13.3. The van der Waals surface area contributed by atoms with Gasteiger partial charge in [0.15, 0.2) is 17.6 Å². The van der Waals surface area contributed by atoms with Crippen LogP contribution in [0.4, 0.5) is 0 Å². The molecule has 19 heavy (non-hydrogen) atoms. The summed E-state index contributed by atoms with van der Waals surface area (Å²) in [7, 11) is 0. The molecule has 0 radical (unpaired) electrons. The summed E-state index contributed by atoms with van der Waals surface area (Å²) >= 11 is 0. The summed E-state index contributed by atoms with van der Waals surface area (Å²) in [6, 6.07) is 7.98. The lowest BCUT2D eigenvalue weighted by Crippen LogP contribution is -2.42. The van der Waals surface area contributed by atoms with Crippen LogP contribution in [0.3, 0.4) is 0 Å². The lowest BCUT2D eigenvalue weighted by atomic mass is 10.3. The minimum absolute atomic E-state index is 0.0467. The molecule has 0 saturated carbocycles. The number of benzene rings is 1. The predicted octanol–water partition coefficient (Wildman–Crippen LogP) is 1.95. The summed E-state index contributed by atoms with van der Waals surface area (Å²) in [5.74, 6) is 0.0467. The zero-order valence-electron chi connectivity index (χ0n) is 11.3. The van der Waals surface area contributed by atoms with E-state index < -0.39 is 0 Å². The number of carbonyl (C=O) groups is 1. The average molecular weight is 258 g/mol. The number of carbonyl (C=O) groups excluding carboxylic acids is 1. The fourth-order valence-corrected chi connectivity index (χ4v) is 2.09. The summed E-state index contributed by atoms with van der Waals surface area (Å²) in [5, 5.41) is 2.93. The number of imidazole rings is 1. The molecule has 1 heterocycles. The summed E-state index contributed by atoms with van der Waals surface area (Å²) < 4.78 is 3.87. The molecule has 0 atom stereocenters. The molecule has 1 N–H and O–H groups in total. The molecule has 4 nitrogen and oxygen atoms in total. The van der Waals surface area contributed by atoms with Gasteiger partial charge in [-0.25, -0.2) is 9.13 Å². The standard InChI is InChI=1S/C15H19N3O/c1-3-5-10-16-15(19)11-18-12-17(4-2)13-8-6-7-9-14(13)18/h4,6-9,12H,2-3,5,10-11H2,1H3/p+1. The highest BCUT2D eigenvalue weighted by Crippen LogP contribution is 2.10. The molecule has 1 amide bonds. The van der Waals surface area contributed by atoms with Crippen LogP contribution in [-0.2, 0) is 11.3 Å². The van der Waals surface area contributed by atoms with E-state index in [0.29, 0.717) is 6.54 Å². The number of rotatable bonds is 6. The minimum atomic E-state index is 0.0467. The Morgan fingerprint density at radius 3 is 3.00 bits per heavy atom. The maximum atomic E-state index is 11.9. The number of nitrogens with one attached hydrogen (secondary N) is 1. The van der Waals surface area contributed by atoms with Crippen LogP contribution in [0.25, 0.3) is 17.2 Å². The van der Waals surface area contributed by atoms with Crippen molar-refractivity contribution in [3.63, 3.8) is 0 Å². The smallest absolute Gasteiger partial charge is 0.262 e. The van der Waals surface area contributed by atoms with Gasteiger partial charge < -0.3 is 5.32 Å². The van der Waals surface area contributed by atoms with Crippen molar-refractivity contribution in [3.05, 3.63) is 37.2 Å². The van der Waals surface area contributed by atoms with Crippen molar-refractivity contribution in [2.75, 3.05) is 6.54 Å². The zero-order valence-corrected chi connectivity index (χ0v) is 11.3. The number of unbranched alkanes of at least 4 members (excludes halogenated alkanes) is 1. The lowest BCUT2D eigenvalue weighted by molar-refractivity contribution is -0.658. The molecule has 2 rings (SSSR count). The molecule has 0 bridgehead atoms. The Balaban J connectivity index is 2.16. The molecule has 1 aromatic carbocycles. The Hall–Kier alpha value is -2.10. The number of para-hydroxylation sites is 2. The van der Waals surface area contributed by atoms with Crippen molar-refractivity contribution < 1.29 is 9.36 Å². The molecule has 1 aromatic heterocycles. The number of amides is 1. The summed E-state index contributed by atoms with van der Waals surface area (Å²) in [6.45, 7) is 6.98. The summed E-state index contributed by atoms with van der Waals surface area (Å²) in [5.41, 5.74) is 2.09. The maximum Gasteiger partial charge on any atom is 0.262 e. The third kappa shape index (κ3) is 3.02. The van der Waals surface area contributed by atoms with Gasteiger partial charge in [0.2, 0.25) is 6.33 Å². The van der Waals surface area contributed by atoms with Crippen molar-refractivity contribution in [1.29, 1.82) is 0 Å². The molecular formula is C15H20N3O+. The second-order valence-electron chi connectivity index (χ2n) is 4.53. The molecule has 0 aliphatic heterocycles. The number of hydrogen-bond donors (Lipinski definition) is 1. The Kier molecular flexibility index (Phi) is 4.34. The number of aromatic nitrogens is 2. The van der Waals surface area contributed by atoms with Gasteiger partial charge in [-0.2, -0.15) is 0 Å². The quantitative estimate of drug-likeness (QED) is 0.624. The fourth-order valence-electron chi connectivity index (χ4n) is 2.09. The van der Waals surface area contributed by atoms with Gasteiger partial charge in [0, 0.05) is 6.54 Å². The van der Waals surface area contributed by atoms with Gasteiger partial charge >= 0.3 is 0 Å². The topological polar surface area (TPSA) is 37.9 Å². The molecule has 0 aliphatic carbocycles. The van der Waals surface area contributed by atoms with Gasteiger partial charge in [0.25, 0.3) is 5.91 Å². The van der Waals surface area contributed by atoms with Crippen LogP contribution in [0, 0.1) is 0 Å². The van der Waals surface area contributed by atoms with E-state index in [0.717, 1.165) is 30.4 Å². The first-order chi connectivity index (χ1) is 9.26. The van der Waals surface area contributed by atoms with Crippen LogP contribution in [0.1, 0.15) is 19.8 Å². The lowest BCUT2D eigenvalue weighted by Gasteiger charge is -2.02. The second-order valence-corrected chi connectivity index (χ2v) is 4.53. The van der Waals surface area contributed by atoms with E-state index in [9.17, 15) is 4.79 Å². The van der Waals surface area contributed by atoms with Crippen LogP contribution >= 0.6 is 0 Å². The predicted molar refractivity (Wildman–Crippen MR) is 76.4 cm³/mol. The number of hydrogen-bond acceptors (Lipinski definition) is 1. The summed E-state index contributed by atoms with van der Waals surface area (Å²) in [6.07, 6.45) is 5.75. The molecule has 2 aromatic rings. The van der Waals surface area contributed by atoms with E-state index in [1.54, 1.807) is 6.20 Å². The SMILES string of the molecule is C=Cn1c[n+](CC(=O)NCCCC)c2ccccc21. The molecular weight excluding hydrogens is 238 g/mol. The van der Waals surface area contributed by atoms with Crippen molar-refractivity contribution in [1.82, 2.24) is 9.88 Å². The minimum Gasteiger partial charge on any atom is -0.353 e. The third-order valence-corrected chi connectivity index (χ3v) is 3.10. The normalized spacial score (nSPS) is 10.6. The largest absolute Gasteiger partial charge is 0.353 e. The highest BCUT2D eigenvalue weighted by Gasteiger charge is 2.15. The molecule has 100 valence electrons. The van der Waals surface area contributed by atoms with Crippen LogP contribution in [0.5, 0.6) is 0 Å². The first-order valence-corrected chi connectivity index (χ1v) is 6.64. The van der Waals surface area contributed by atoms with Gasteiger partial charge in [-0.3, -0.25) is 4.79 Å². The highest BCUT2D eigenvalue weighted by atomic mass is 16.1. The van der Waals surface area contributed by atoms with Crippen LogP contribution in [0.2, 0.25) is 0 Å². The Morgan fingerprint density at radius 2 is 2.26 bits per heavy atom. The number of nitrogens with zero attached hydrogens (tertiary/aromatic N) is 2. The molecule has 0 unspecified atom stereocenters. The van der Waals surface area contributed by atoms with Crippen LogP contribution in [0.15, 0.2) is 37.2 Å². The maximum absolute atomic E-state index is 11.9. The Labute approximate surface area is 113 Å². The van der Waals surface area contributed by atoms with Gasteiger partial charge in [-0.15, -0.1) is 0 Å². The van der Waals surface area contributed by atoms with E-state index in [-0.39, 0.29) is 5.91 Å². The van der Waals surface area contributed by atoms with Crippen molar-refractivity contribution in [2.24, 2.45) is 0 Å². The van der Waals surface area contributed by atoms with Crippen molar-refractivity contribution in [2.45, 2.75) is 26.3 Å². The van der Waals surface area contributed by atoms with Crippen LogP contribution < -0.4 is 9.88 Å². The van der Waals surface area contributed by atoms with Gasteiger partial charge in [0.1, 0.15) is 0 Å². The Bertz CT molecular complexity index is 586. The van der Waals surface area contributed by atoms with Gasteiger partial charge in [-0.1, -0.05) is 32.1 Å². The van der Waals surface area contributed by atoms with Gasteiger partial charge in [0.05, 0.1) is 6.20 Å².